The largest absolute Gasteiger partial charge is 0.438 e. The van der Waals surface area contributed by atoms with Gasteiger partial charge in [-0.25, -0.2) is 4.98 Å². The first-order chi connectivity index (χ1) is 13.5. The molecule has 0 aliphatic heterocycles. The van der Waals surface area contributed by atoms with Gasteiger partial charge in [-0.15, -0.1) is 0 Å². The van der Waals surface area contributed by atoms with E-state index in [-0.39, 0.29) is 5.78 Å². The highest BCUT2D eigenvalue weighted by Crippen LogP contribution is 2.36. The van der Waals surface area contributed by atoms with Gasteiger partial charge in [0.25, 0.3) is 0 Å². The monoisotopic (exact) mass is 370 g/mol. The first-order valence-electron chi connectivity index (χ1n) is 8.99. The molecule has 0 unspecified atom stereocenters. The molecule has 1 aliphatic rings. The number of hydrogen-bond acceptors (Lipinski definition) is 6. The van der Waals surface area contributed by atoms with Crippen LogP contribution in [0.5, 0.6) is 11.6 Å². The minimum atomic E-state index is 0.198. The van der Waals surface area contributed by atoms with Crippen molar-refractivity contribution in [1.82, 2.24) is 9.97 Å². The Hall–Kier alpha value is -3.72. The number of ether oxygens (including phenoxy) is 1. The minimum absolute atomic E-state index is 0.198. The molecule has 2 aromatic carbocycles. The van der Waals surface area contributed by atoms with Gasteiger partial charge in [-0.2, -0.15) is 10.2 Å². The molecule has 138 valence electrons. The highest BCUT2D eigenvalue weighted by atomic mass is 16.5. The number of nitrogens with one attached hydrogen (secondary N) is 1. The van der Waals surface area contributed by atoms with Crippen LogP contribution < -0.4 is 10.1 Å². The lowest BCUT2D eigenvalue weighted by atomic mass is 9.99. The van der Waals surface area contributed by atoms with E-state index in [1.54, 1.807) is 36.5 Å². The molecule has 0 saturated heterocycles. The van der Waals surface area contributed by atoms with E-state index in [1.807, 2.05) is 19.9 Å². The molecule has 6 heteroatoms. The summed E-state index contributed by atoms with van der Waals surface area (Å²) in [5.41, 5.74) is 5.14. The molecule has 0 radical (unpaired) electrons. The maximum Gasteiger partial charge on any atom is 0.230 e. The molecule has 0 bridgehead atoms. The molecule has 1 aliphatic carbocycles. The quantitative estimate of drug-likeness (QED) is 0.720. The number of ketones is 1. The number of hydrogen-bond donors (Lipinski definition) is 1. The van der Waals surface area contributed by atoms with Gasteiger partial charge in [0.15, 0.2) is 5.78 Å². The highest BCUT2D eigenvalue weighted by Gasteiger charge is 2.24. The molecular formula is C22H18N4O2. The van der Waals surface area contributed by atoms with Gasteiger partial charge in [0.1, 0.15) is 5.75 Å². The van der Waals surface area contributed by atoms with Gasteiger partial charge in [0.05, 0.1) is 11.6 Å². The van der Waals surface area contributed by atoms with Crippen molar-refractivity contribution < 1.29 is 9.53 Å². The number of aryl methyl sites for hydroxylation is 1. The maximum absolute atomic E-state index is 12.0. The fourth-order valence-electron chi connectivity index (χ4n) is 3.43. The topological polar surface area (TPSA) is 87.9 Å². The van der Waals surface area contributed by atoms with Gasteiger partial charge in [-0.1, -0.05) is 0 Å². The second kappa shape index (κ2) is 7.12. The molecule has 1 N–H and O–H groups in total. The zero-order chi connectivity index (χ0) is 19.7. The lowest BCUT2D eigenvalue weighted by Crippen LogP contribution is -2.01. The Morgan fingerprint density at radius 3 is 2.68 bits per heavy atom. The van der Waals surface area contributed by atoms with E-state index < -0.39 is 0 Å². The van der Waals surface area contributed by atoms with E-state index in [1.165, 1.54) is 0 Å². The summed E-state index contributed by atoms with van der Waals surface area (Å²) in [6.45, 7) is 3.92. The maximum atomic E-state index is 12.0. The van der Waals surface area contributed by atoms with E-state index in [0.29, 0.717) is 23.8 Å². The first kappa shape index (κ1) is 17.7. The zero-order valence-electron chi connectivity index (χ0n) is 15.6. The van der Waals surface area contributed by atoms with Crippen LogP contribution in [-0.4, -0.2) is 15.8 Å². The lowest BCUT2D eigenvalue weighted by Gasteiger charge is -2.15. The van der Waals surface area contributed by atoms with E-state index in [2.05, 4.69) is 21.4 Å². The van der Waals surface area contributed by atoms with Crippen LogP contribution in [0.4, 0.5) is 11.6 Å². The van der Waals surface area contributed by atoms with Gasteiger partial charge in [-0.3, -0.25) is 4.79 Å². The zero-order valence-corrected chi connectivity index (χ0v) is 15.6. The molecule has 0 atom stereocenters. The van der Waals surface area contributed by atoms with Crippen LogP contribution in [0.3, 0.4) is 0 Å². The number of nitriles is 1. The summed E-state index contributed by atoms with van der Waals surface area (Å²) in [6.07, 6.45) is 2.94. The van der Waals surface area contributed by atoms with Crippen molar-refractivity contribution in [2.75, 3.05) is 5.32 Å². The van der Waals surface area contributed by atoms with Crippen molar-refractivity contribution in [3.63, 3.8) is 0 Å². The van der Waals surface area contributed by atoms with Crippen molar-refractivity contribution in [3.05, 3.63) is 70.4 Å². The Bertz CT molecular complexity index is 1110. The van der Waals surface area contributed by atoms with Crippen molar-refractivity contribution >= 4 is 17.4 Å². The number of nitrogens with zero attached hydrogens (tertiary/aromatic N) is 3. The number of benzene rings is 2. The molecule has 3 aromatic rings. The number of aromatic nitrogens is 2. The molecule has 28 heavy (non-hydrogen) atoms. The van der Waals surface area contributed by atoms with Crippen LogP contribution in [0.15, 0.2) is 42.6 Å². The lowest BCUT2D eigenvalue weighted by molar-refractivity contribution is 0.0994. The molecule has 0 saturated carbocycles. The Labute approximate surface area is 162 Å². The van der Waals surface area contributed by atoms with Crippen LogP contribution in [0.1, 0.15) is 39.0 Å². The third kappa shape index (κ3) is 3.30. The molecular weight excluding hydrogens is 352 g/mol. The molecule has 1 heterocycles. The number of rotatable bonds is 4. The molecule has 0 fully saturated rings. The standard InChI is InChI=1S/C22H18N4O2/c1-13-11-18-17(7-8-19(18)27)14(2)21(13)28-20-9-10-24-22(26-20)25-16-5-3-15(12-23)4-6-16/h3-6,9-11H,7-8H2,1-2H3,(H,24,25,26). The predicted molar refractivity (Wildman–Crippen MR) is 105 cm³/mol. The number of anilines is 2. The summed E-state index contributed by atoms with van der Waals surface area (Å²) >= 11 is 0. The van der Waals surface area contributed by atoms with Gasteiger partial charge in [-0.05, 0) is 67.3 Å². The van der Waals surface area contributed by atoms with Gasteiger partial charge in [0, 0.05) is 29.9 Å². The van der Waals surface area contributed by atoms with E-state index >= 15 is 0 Å². The third-order valence-corrected chi connectivity index (χ3v) is 4.85. The SMILES string of the molecule is Cc1cc2c(c(C)c1Oc1ccnc(Nc3ccc(C#N)cc3)n1)CCC2=O. The summed E-state index contributed by atoms with van der Waals surface area (Å²) in [4.78, 5) is 20.7. The van der Waals surface area contributed by atoms with E-state index in [0.717, 1.165) is 40.1 Å². The Balaban J connectivity index is 1.59. The van der Waals surface area contributed by atoms with Crippen molar-refractivity contribution in [1.29, 1.82) is 5.26 Å². The average molecular weight is 370 g/mol. The van der Waals surface area contributed by atoms with Crippen LogP contribution in [0.25, 0.3) is 0 Å². The molecule has 1 aromatic heterocycles. The average Bonchev–Trinajstić information content (AvgIpc) is 3.07. The third-order valence-electron chi connectivity index (χ3n) is 4.85. The van der Waals surface area contributed by atoms with Crippen molar-refractivity contribution in [2.24, 2.45) is 0 Å². The second-order valence-corrected chi connectivity index (χ2v) is 6.73. The number of fused-ring (bicyclic) bond motifs is 1. The Kier molecular flexibility index (Phi) is 4.50. The highest BCUT2D eigenvalue weighted by molar-refractivity contribution is 6.01. The van der Waals surface area contributed by atoms with E-state index in [9.17, 15) is 4.79 Å². The Morgan fingerprint density at radius 1 is 1.14 bits per heavy atom. The van der Waals surface area contributed by atoms with E-state index in [4.69, 9.17) is 10.00 Å². The molecule has 6 nitrogen and oxygen atoms in total. The number of Topliss-reactive ketones (excluding diaryl/α,β-unsaturated/α-hetero) is 1. The van der Waals surface area contributed by atoms with Crippen LogP contribution >= 0.6 is 0 Å². The summed E-state index contributed by atoms with van der Waals surface area (Å²) in [7, 11) is 0. The van der Waals surface area contributed by atoms with Crippen molar-refractivity contribution in [2.45, 2.75) is 26.7 Å². The fourth-order valence-corrected chi connectivity index (χ4v) is 3.43. The van der Waals surface area contributed by atoms with Crippen LogP contribution in [-0.2, 0) is 6.42 Å². The summed E-state index contributed by atoms with van der Waals surface area (Å²) in [5, 5.41) is 12.0. The molecule has 4 rings (SSSR count). The van der Waals surface area contributed by atoms with Gasteiger partial charge in [0.2, 0.25) is 11.8 Å². The number of carbonyl (C=O) groups excluding carboxylic acids is 1. The van der Waals surface area contributed by atoms with Crippen LogP contribution in [0, 0.1) is 25.2 Å². The normalized spacial score (nSPS) is 12.4. The van der Waals surface area contributed by atoms with Gasteiger partial charge >= 0.3 is 0 Å². The van der Waals surface area contributed by atoms with Gasteiger partial charge < -0.3 is 10.1 Å². The molecule has 0 spiro atoms. The minimum Gasteiger partial charge on any atom is -0.438 e. The number of carbonyl (C=O) groups is 1. The fraction of sp³-hybridized carbons (Fsp3) is 0.182. The van der Waals surface area contributed by atoms with Crippen LogP contribution in [0.2, 0.25) is 0 Å². The van der Waals surface area contributed by atoms with Crippen molar-refractivity contribution in [3.8, 4) is 17.7 Å². The smallest absolute Gasteiger partial charge is 0.230 e. The first-order valence-corrected chi connectivity index (χ1v) is 8.99. The second-order valence-electron chi connectivity index (χ2n) is 6.73. The summed E-state index contributed by atoms with van der Waals surface area (Å²) < 4.78 is 6.07. The summed E-state index contributed by atoms with van der Waals surface area (Å²) in [5.74, 6) is 1.75. The summed E-state index contributed by atoms with van der Waals surface area (Å²) in [6, 6.07) is 12.7. The predicted octanol–water partition coefficient (Wildman–Crippen LogP) is 4.63. The molecule has 0 amide bonds. The Morgan fingerprint density at radius 2 is 1.93 bits per heavy atom.